The van der Waals surface area contributed by atoms with Crippen LogP contribution in [0.3, 0.4) is 0 Å². The van der Waals surface area contributed by atoms with Crippen molar-refractivity contribution in [2.45, 2.75) is 52.5 Å². The lowest BCUT2D eigenvalue weighted by Crippen LogP contribution is -2.35. The molecule has 0 atom stereocenters. The van der Waals surface area contributed by atoms with Gasteiger partial charge < -0.3 is 5.32 Å². The van der Waals surface area contributed by atoms with Gasteiger partial charge in [0.1, 0.15) is 0 Å². The van der Waals surface area contributed by atoms with Gasteiger partial charge in [-0.15, -0.1) is 0 Å². The average molecular weight is 181 g/mol. The molecular formula is C12H23N. The summed E-state index contributed by atoms with van der Waals surface area (Å²) >= 11 is 0. The molecule has 1 rings (SSSR count). The first-order valence-corrected chi connectivity index (χ1v) is 5.48. The van der Waals surface area contributed by atoms with Gasteiger partial charge in [0.15, 0.2) is 0 Å². The minimum atomic E-state index is 0.596. The Morgan fingerprint density at radius 1 is 1.31 bits per heavy atom. The lowest BCUT2D eigenvalue weighted by Gasteiger charge is -2.34. The fraction of sp³-hybridized carbons (Fsp3) is 0.833. The first-order valence-electron chi connectivity index (χ1n) is 5.48. The Hall–Kier alpha value is -0.300. The van der Waals surface area contributed by atoms with Crippen LogP contribution in [0.2, 0.25) is 0 Å². The normalized spacial score (nSPS) is 23.9. The Bertz CT molecular complexity index is 160. The molecule has 0 aromatic carbocycles. The summed E-state index contributed by atoms with van der Waals surface area (Å²) in [6.45, 7) is 7.89. The van der Waals surface area contributed by atoms with E-state index in [1.54, 1.807) is 0 Å². The van der Waals surface area contributed by atoms with Gasteiger partial charge in [-0.25, -0.2) is 0 Å². The van der Waals surface area contributed by atoms with Crippen LogP contribution in [0.4, 0.5) is 0 Å². The van der Waals surface area contributed by atoms with Crippen molar-refractivity contribution >= 4 is 0 Å². The molecule has 0 heterocycles. The molecule has 0 saturated heterocycles. The maximum absolute atomic E-state index is 3.57. The number of allylic oxidation sites excluding steroid dienone is 1. The molecule has 76 valence electrons. The van der Waals surface area contributed by atoms with E-state index in [2.05, 4.69) is 38.2 Å². The van der Waals surface area contributed by atoms with Crippen LogP contribution in [0.1, 0.15) is 46.5 Å². The van der Waals surface area contributed by atoms with Gasteiger partial charge in [0, 0.05) is 12.6 Å². The van der Waals surface area contributed by atoms with Crippen LogP contribution in [-0.2, 0) is 0 Å². The molecule has 1 nitrogen and oxygen atoms in total. The van der Waals surface area contributed by atoms with Crippen LogP contribution in [0.25, 0.3) is 0 Å². The monoisotopic (exact) mass is 181 g/mol. The van der Waals surface area contributed by atoms with E-state index in [0.717, 1.165) is 12.6 Å². The molecule has 1 fully saturated rings. The van der Waals surface area contributed by atoms with E-state index in [1.165, 1.54) is 25.7 Å². The molecule has 0 spiro atoms. The first kappa shape index (κ1) is 10.8. The molecule has 1 heteroatoms. The van der Waals surface area contributed by atoms with Gasteiger partial charge in [-0.2, -0.15) is 0 Å². The van der Waals surface area contributed by atoms with Crippen molar-refractivity contribution < 1.29 is 0 Å². The summed E-state index contributed by atoms with van der Waals surface area (Å²) < 4.78 is 0. The molecule has 0 unspecified atom stereocenters. The Kier molecular flexibility index (Phi) is 3.98. The molecule has 1 N–H and O–H groups in total. The predicted molar refractivity (Wildman–Crippen MR) is 58.9 cm³/mol. The van der Waals surface area contributed by atoms with Crippen molar-refractivity contribution in [2.75, 3.05) is 6.54 Å². The van der Waals surface area contributed by atoms with Gasteiger partial charge in [0.25, 0.3) is 0 Å². The van der Waals surface area contributed by atoms with Crippen LogP contribution >= 0.6 is 0 Å². The first-order chi connectivity index (χ1) is 6.14. The van der Waals surface area contributed by atoms with E-state index < -0.39 is 0 Å². The highest BCUT2D eigenvalue weighted by atomic mass is 14.9. The summed E-state index contributed by atoms with van der Waals surface area (Å²) in [6.07, 6.45) is 9.76. The van der Waals surface area contributed by atoms with Crippen LogP contribution in [-0.4, -0.2) is 12.6 Å². The van der Waals surface area contributed by atoms with Crippen LogP contribution in [0.15, 0.2) is 12.2 Å². The minimum absolute atomic E-state index is 0.596. The quantitative estimate of drug-likeness (QED) is 0.660. The van der Waals surface area contributed by atoms with Gasteiger partial charge >= 0.3 is 0 Å². The maximum Gasteiger partial charge on any atom is 0.0137 e. The summed E-state index contributed by atoms with van der Waals surface area (Å²) in [5.74, 6) is 0. The highest BCUT2D eigenvalue weighted by Gasteiger charge is 2.25. The van der Waals surface area contributed by atoms with E-state index in [4.69, 9.17) is 0 Å². The van der Waals surface area contributed by atoms with Gasteiger partial charge in [-0.05, 0) is 38.0 Å². The third-order valence-electron chi connectivity index (χ3n) is 3.10. The molecule has 0 bridgehead atoms. The Morgan fingerprint density at radius 2 is 1.92 bits per heavy atom. The SMILES string of the molecule is C/C=C/CNC1CCC(C)(C)CC1. The largest absolute Gasteiger partial charge is 0.311 e. The molecular weight excluding hydrogens is 158 g/mol. The molecule has 0 aromatic rings. The Balaban J connectivity index is 2.18. The third kappa shape index (κ3) is 3.95. The fourth-order valence-electron chi connectivity index (χ4n) is 1.96. The molecule has 1 aliphatic carbocycles. The maximum atomic E-state index is 3.57. The highest BCUT2D eigenvalue weighted by Crippen LogP contribution is 2.34. The van der Waals surface area contributed by atoms with Crippen LogP contribution in [0.5, 0.6) is 0 Å². The standard InChI is InChI=1S/C12H23N/c1-4-5-10-13-11-6-8-12(2,3)9-7-11/h4-5,11,13H,6-10H2,1-3H3/b5-4+. The Labute approximate surface area is 82.6 Å². The number of hydrogen-bond acceptors (Lipinski definition) is 1. The molecule has 0 amide bonds. The molecule has 13 heavy (non-hydrogen) atoms. The highest BCUT2D eigenvalue weighted by molar-refractivity contribution is 4.86. The zero-order valence-electron chi connectivity index (χ0n) is 9.27. The average Bonchev–Trinajstić information content (AvgIpc) is 2.08. The molecule has 0 aromatic heterocycles. The lowest BCUT2D eigenvalue weighted by atomic mass is 9.75. The second-order valence-electron chi connectivity index (χ2n) is 4.92. The predicted octanol–water partition coefficient (Wildman–Crippen LogP) is 3.12. The fourth-order valence-corrected chi connectivity index (χ4v) is 1.96. The van der Waals surface area contributed by atoms with E-state index >= 15 is 0 Å². The third-order valence-corrected chi connectivity index (χ3v) is 3.10. The Morgan fingerprint density at radius 3 is 2.46 bits per heavy atom. The molecule has 1 aliphatic rings. The zero-order chi connectivity index (χ0) is 9.73. The number of rotatable bonds is 3. The summed E-state index contributed by atoms with van der Waals surface area (Å²) in [4.78, 5) is 0. The van der Waals surface area contributed by atoms with E-state index in [-0.39, 0.29) is 0 Å². The van der Waals surface area contributed by atoms with Crippen LogP contribution in [0, 0.1) is 5.41 Å². The van der Waals surface area contributed by atoms with E-state index in [0.29, 0.717) is 5.41 Å². The summed E-state index contributed by atoms with van der Waals surface area (Å²) in [5.41, 5.74) is 0.596. The summed E-state index contributed by atoms with van der Waals surface area (Å²) in [7, 11) is 0. The van der Waals surface area contributed by atoms with E-state index in [9.17, 15) is 0 Å². The second-order valence-corrected chi connectivity index (χ2v) is 4.92. The van der Waals surface area contributed by atoms with Gasteiger partial charge in [-0.1, -0.05) is 26.0 Å². The van der Waals surface area contributed by atoms with E-state index in [1.807, 2.05) is 0 Å². The van der Waals surface area contributed by atoms with Crippen molar-refractivity contribution in [1.29, 1.82) is 0 Å². The molecule has 0 radical (unpaired) electrons. The molecule has 1 saturated carbocycles. The lowest BCUT2D eigenvalue weighted by molar-refractivity contribution is 0.209. The van der Waals surface area contributed by atoms with Crippen LogP contribution < -0.4 is 5.32 Å². The van der Waals surface area contributed by atoms with Gasteiger partial charge in [0.2, 0.25) is 0 Å². The van der Waals surface area contributed by atoms with Gasteiger partial charge in [0.05, 0.1) is 0 Å². The number of nitrogens with one attached hydrogen (secondary N) is 1. The summed E-state index contributed by atoms with van der Waals surface area (Å²) in [6, 6.07) is 0.768. The second kappa shape index (κ2) is 4.80. The minimum Gasteiger partial charge on any atom is -0.311 e. The summed E-state index contributed by atoms with van der Waals surface area (Å²) in [5, 5.41) is 3.57. The topological polar surface area (TPSA) is 12.0 Å². The zero-order valence-corrected chi connectivity index (χ0v) is 9.27. The van der Waals surface area contributed by atoms with Crippen molar-refractivity contribution in [3.05, 3.63) is 12.2 Å². The van der Waals surface area contributed by atoms with Crippen molar-refractivity contribution in [2.24, 2.45) is 5.41 Å². The smallest absolute Gasteiger partial charge is 0.0137 e. The van der Waals surface area contributed by atoms with Crippen molar-refractivity contribution in [1.82, 2.24) is 5.32 Å². The van der Waals surface area contributed by atoms with Gasteiger partial charge in [-0.3, -0.25) is 0 Å². The number of hydrogen-bond donors (Lipinski definition) is 1. The molecule has 0 aliphatic heterocycles. The van der Waals surface area contributed by atoms with Crippen molar-refractivity contribution in [3.8, 4) is 0 Å². The van der Waals surface area contributed by atoms with Crippen molar-refractivity contribution in [3.63, 3.8) is 0 Å².